The first kappa shape index (κ1) is 14.5. The lowest BCUT2D eigenvalue weighted by Crippen LogP contribution is -2.38. The first-order valence-corrected chi connectivity index (χ1v) is 8.02. The van der Waals surface area contributed by atoms with Crippen LogP contribution >= 0.6 is 11.6 Å². The van der Waals surface area contributed by atoms with Gasteiger partial charge in [-0.25, -0.2) is 13.4 Å². The Labute approximate surface area is 117 Å². The summed E-state index contributed by atoms with van der Waals surface area (Å²) in [5.41, 5.74) is -0.206. The van der Waals surface area contributed by atoms with Crippen molar-refractivity contribution in [2.45, 2.75) is 37.1 Å². The fourth-order valence-corrected chi connectivity index (χ4v) is 3.66. The van der Waals surface area contributed by atoms with Gasteiger partial charge >= 0.3 is 0 Å². The molecular weight excluding hydrogens is 290 g/mol. The van der Waals surface area contributed by atoms with Crippen LogP contribution in [0.1, 0.15) is 26.0 Å². The van der Waals surface area contributed by atoms with Crippen molar-refractivity contribution in [2.24, 2.45) is 0 Å². The molecule has 0 radical (unpaired) electrons. The standard InChI is InChI=1S/C11H16ClN3O3S/c1-3-11(2,6-16)15-9-8-7(13-10(12)14-9)4-5-19(8,17)18/h16H,3-6H2,1-2H3,(H,13,14,15). The van der Waals surface area contributed by atoms with Gasteiger partial charge in [0.15, 0.2) is 15.7 Å². The van der Waals surface area contributed by atoms with E-state index in [1.165, 1.54) is 0 Å². The minimum atomic E-state index is -3.37. The second-order valence-corrected chi connectivity index (χ2v) is 7.27. The number of nitrogens with one attached hydrogen (secondary N) is 1. The highest BCUT2D eigenvalue weighted by molar-refractivity contribution is 7.91. The van der Waals surface area contributed by atoms with Gasteiger partial charge in [-0.3, -0.25) is 0 Å². The molecule has 6 nitrogen and oxygen atoms in total. The second-order valence-electron chi connectivity index (χ2n) is 4.88. The zero-order chi connectivity index (χ0) is 14.3. The van der Waals surface area contributed by atoms with Gasteiger partial charge in [0.2, 0.25) is 5.28 Å². The number of aryl methyl sites for hydroxylation is 1. The second kappa shape index (κ2) is 4.88. The van der Waals surface area contributed by atoms with Crippen molar-refractivity contribution in [2.75, 3.05) is 17.7 Å². The Bertz CT molecular complexity index is 599. The molecule has 0 saturated carbocycles. The highest BCUT2D eigenvalue weighted by Crippen LogP contribution is 2.33. The quantitative estimate of drug-likeness (QED) is 0.807. The number of anilines is 1. The molecule has 1 aromatic rings. The first-order chi connectivity index (χ1) is 8.81. The minimum absolute atomic E-state index is 0.00902. The predicted octanol–water partition coefficient (Wildman–Crippen LogP) is 1.03. The van der Waals surface area contributed by atoms with Gasteiger partial charge in [-0.2, -0.15) is 4.98 Å². The maximum absolute atomic E-state index is 12.0. The molecule has 0 amide bonds. The summed E-state index contributed by atoms with van der Waals surface area (Å²) in [5, 5.41) is 12.4. The number of hydrogen-bond donors (Lipinski definition) is 2. The van der Waals surface area contributed by atoms with Crippen LogP contribution in [0.4, 0.5) is 5.82 Å². The Kier molecular flexibility index (Phi) is 3.72. The van der Waals surface area contributed by atoms with E-state index in [1.54, 1.807) is 6.92 Å². The Morgan fingerprint density at radius 3 is 2.74 bits per heavy atom. The fourth-order valence-electron chi connectivity index (χ4n) is 1.91. The molecule has 0 aliphatic carbocycles. The molecule has 8 heteroatoms. The van der Waals surface area contributed by atoms with Gasteiger partial charge in [0.05, 0.1) is 23.6 Å². The summed E-state index contributed by atoms with van der Waals surface area (Å²) >= 11 is 5.82. The third kappa shape index (κ3) is 2.68. The summed E-state index contributed by atoms with van der Waals surface area (Å²) in [5.74, 6) is 0.208. The van der Waals surface area contributed by atoms with Gasteiger partial charge in [0, 0.05) is 6.42 Å². The van der Waals surface area contributed by atoms with Crippen molar-refractivity contribution in [3.05, 3.63) is 11.0 Å². The molecule has 0 bridgehead atoms. The van der Waals surface area contributed by atoms with E-state index in [2.05, 4.69) is 15.3 Å². The highest BCUT2D eigenvalue weighted by Gasteiger charge is 2.34. The zero-order valence-electron chi connectivity index (χ0n) is 10.8. The third-order valence-electron chi connectivity index (χ3n) is 3.38. The number of rotatable bonds is 4. The van der Waals surface area contributed by atoms with E-state index < -0.39 is 15.4 Å². The average molecular weight is 306 g/mol. The van der Waals surface area contributed by atoms with Crippen molar-refractivity contribution in [3.8, 4) is 0 Å². The number of aliphatic hydroxyl groups is 1. The lowest BCUT2D eigenvalue weighted by Gasteiger charge is -2.28. The summed E-state index contributed by atoms with van der Waals surface area (Å²) in [6, 6.07) is 0. The number of aromatic nitrogens is 2. The number of hydrogen-bond acceptors (Lipinski definition) is 6. The topological polar surface area (TPSA) is 92.2 Å². The van der Waals surface area contributed by atoms with E-state index >= 15 is 0 Å². The summed E-state index contributed by atoms with van der Waals surface area (Å²) < 4.78 is 24.0. The monoisotopic (exact) mass is 305 g/mol. The highest BCUT2D eigenvalue weighted by atomic mass is 35.5. The van der Waals surface area contributed by atoms with Crippen LogP contribution in [-0.2, 0) is 16.3 Å². The van der Waals surface area contributed by atoms with E-state index in [-0.39, 0.29) is 28.4 Å². The summed E-state index contributed by atoms with van der Waals surface area (Å²) in [4.78, 5) is 8.05. The van der Waals surface area contributed by atoms with Crippen molar-refractivity contribution >= 4 is 27.3 Å². The van der Waals surface area contributed by atoms with E-state index in [0.717, 1.165) is 0 Å². The Hall–Kier alpha value is -0.920. The molecule has 106 valence electrons. The average Bonchev–Trinajstić information content (AvgIpc) is 2.65. The molecule has 2 N–H and O–H groups in total. The molecule has 19 heavy (non-hydrogen) atoms. The summed E-state index contributed by atoms with van der Waals surface area (Å²) in [6.07, 6.45) is 0.955. The number of sulfone groups is 1. The molecule has 0 aromatic carbocycles. The smallest absolute Gasteiger partial charge is 0.224 e. The van der Waals surface area contributed by atoms with Gasteiger partial charge in [-0.1, -0.05) is 6.92 Å². The van der Waals surface area contributed by atoms with Crippen LogP contribution in [0.3, 0.4) is 0 Å². The molecule has 1 aromatic heterocycles. The maximum atomic E-state index is 12.0. The largest absolute Gasteiger partial charge is 0.394 e. The van der Waals surface area contributed by atoms with E-state index in [0.29, 0.717) is 18.5 Å². The number of aliphatic hydroxyl groups excluding tert-OH is 1. The van der Waals surface area contributed by atoms with Crippen LogP contribution in [-0.4, -0.2) is 41.4 Å². The van der Waals surface area contributed by atoms with Crippen LogP contribution in [0.15, 0.2) is 4.90 Å². The van der Waals surface area contributed by atoms with Crippen molar-refractivity contribution in [1.29, 1.82) is 0 Å². The van der Waals surface area contributed by atoms with Gasteiger partial charge in [-0.15, -0.1) is 0 Å². The molecular formula is C11H16ClN3O3S. The summed E-state index contributed by atoms with van der Waals surface area (Å²) in [7, 11) is -3.37. The fraction of sp³-hybridized carbons (Fsp3) is 0.636. The normalized spacial score (nSPS) is 19.8. The van der Waals surface area contributed by atoms with Gasteiger partial charge in [0.1, 0.15) is 4.90 Å². The molecule has 2 rings (SSSR count). The maximum Gasteiger partial charge on any atom is 0.224 e. The Morgan fingerprint density at radius 1 is 1.47 bits per heavy atom. The molecule has 2 heterocycles. The van der Waals surface area contributed by atoms with Crippen molar-refractivity contribution in [3.63, 3.8) is 0 Å². The van der Waals surface area contributed by atoms with Crippen molar-refractivity contribution < 1.29 is 13.5 Å². The summed E-state index contributed by atoms with van der Waals surface area (Å²) in [6.45, 7) is 3.54. The van der Waals surface area contributed by atoms with Crippen LogP contribution in [0.2, 0.25) is 5.28 Å². The van der Waals surface area contributed by atoms with Gasteiger partial charge in [0.25, 0.3) is 0 Å². The molecule has 1 aliphatic rings. The third-order valence-corrected chi connectivity index (χ3v) is 5.34. The lowest BCUT2D eigenvalue weighted by atomic mass is 10.0. The minimum Gasteiger partial charge on any atom is -0.394 e. The number of halogens is 1. The van der Waals surface area contributed by atoms with E-state index in [1.807, 2.05) is 6.92 Å². The molecule has 0 spiro atoms. The van der Waals surface area contributed by atoms with Crippen LogP contribution in [0, 0.1) is 0 Å². The zero-order valence-corrected chi connectivity index (χ0v) is 12.3. The van der Waals surface area contributed by atoms with E-state index in [4.69, 9.17) is 11.6 Å². The number of nitrogens with zero attached hydrogens (tertiary/aromatic N) is 2. The van der Waals surface area contributed by atoms with Crippen LogP contribution < -0.4 is 5.32 Å². The molecule has 0 saturated heterocycles. The van der Waals surface area contributed by atoms with E-state index in [9.17, 15) is 13.5 Å². The van der Waals surface area contributed by atoms with Crippen LogP contribution in [0.5, 0.6) is 0 Å². The molecule has 0 fully saturated rings. The Morgan fingerprint density at radius 2 is 2.16 bits per heavy atom. The first-order valence-electron chi connectivity index (χ1n) is 5.99. The molecule has 1 aliphatic heterocycles. The van der Waals surface area contributed by atoms with Crippen molar-refractivity contribution in [1.82, 2.24) is 9.97 Å². The van der Waals surface area contributed by atoms with Gasteiger partial charge < -0.3 is 10.4 Å². The SMILES string of the molecule is CCC(C)(CO)Nc1nc(Cl)nc2c1S(=O)(=O)CC2. The Balaban J connectivity index is 2.53. The lowest BCUT2D eigenvalue weighted by molar-refractivity contribution is 0.218. The predicted molar refractivity (Wildman–Crippen MR) is 72.2 cm³/mol. The number of fused-ring (bicyclic) bond motifs is 1. The molecule has 1 unspecified atom stereocenters. The van der Waals surface area contributed by atoms with Gasteiger partial charge in [-0.05, 0) is 24.9 Å². The molecule has 1 atom stereocenters. The van der Waals surface area contributed by atoms with Crippen LogP contribution in [0.25, 0.3) is 0 Å².